The lowest BCUT2D eigenvalue weighted by molar-refractivity contribution is 0.669. The molecule has 0 radical (unpaired) electrons. The molecule has 0 N–H and O–H groups in total. The average Bonchev–Trinajstić information content (AvgIpc) is 3.19. The lowest BCUT2D eigenvalue weighted by atomic mass is 9.99. The third-order valence-electron chi connectivity index (χ3n) is 4.92. The molecule has 0 unspecified atom stereocenters. The van der Waals surface area contributed by atoms with E-state index in [4.69, 9.17) is 20.4 Å². The molecule has 6 rings (SSSR count). The van der Waals surface area contributed by atoms with Gasteiger partial charge in [0.1, 0.15) is 22.3 Å². The van der Waals surface area contributed by atoms with Crippen LogP contribution in [0.25, 0.3) is 54.6 Å². The number of rotatable bonds is 0. The molecule has 0 aliphatic rings. The van der Waals surface area contributed by atoms with E-state index in [-0.39, 0.29) is 0 Å². The van der Waals surface area contributed by atoms with Gasteiger partial charge in [0, 0.05) is 32.0 Å². The highest BCUT2D eigenvalue weighted by molar-refractivity contribution is 6.34. The molecular weight excluding hydrogens is 332 g/mol. The minimum Gasteiger partial charge on any atom is -0.456 e. The lowest BCUT2D eigenvalue weighted by Crippen LogP contribution is -1.77. The zero-order valence-corrected chi connectivity index (χ0v) is 13.8. The van der Waals surface area contributed by atoms with Crippen LogP contribution in [0.4, 0.5) is 0 Å². The van der Waals surface area contributed by atoms with Crippen molar-refractivity contribution < 1.29 is 8.83 Å². The average molecular weight is 343 g/mol. The van der Waals surface area contributed by atoms with Crippen molar-refractivity contribution in [1.82, 2.24) is 0 Å². The van der Waals surface area contributed by atoms with Crippen LogP contribution in [-0.4, -0.2) is 0 Å². The standard InChI is InChI=1S/C22H11ClO2/c23-13-7-10-17-15(11-13)22-19(25-17)9-6-12-5-8-18-21(20(12)22)14-3-1-2-4-16(14)24-18/h1-11H. The molecule has 2 heterocycles. The van der Waals surface area contributed by atoms with Crippen LogP contribution in [-0.2, 0) is 0 Å². The van der Waals surface area contributed by atoms with Crippen molar-refractivity contribution in [3.8, 4) is 0 Å². The van der Waals surface area contributed by atoms with Gasteiger partial charge in [-0.05, 0) is 41.8 Å². The van der Waals surface area contributed by atoms with Crippen LogP contribution in [0.5, 0.6) is 0 Å². The molecule has 0 spiro atoms. The minimum absolute atomic E-state index is 0.705. The summed E-state index contributed by atoms with van der Waals surface area (Å²) >= 11 is 6.26. The second kappa shape index (κ2) is 4.56. The van der Waals surface area contributed by atoms with E-state index in [1.807, 2.05) is 48.5 Å². The van der Waals surface area contributed by atoms with E-state index in [0.717, 1.165) is 54.6 Å². The van der Waals surface area contributed by atoms with Crippen molar-refractivity contribution in [1.29, 1.82) is 0 Å². The van der Waals surface area contributed by atoms with E-state index in [2.05, 4.69) is 18.2 Å². The highest BCUT2D eigenvalue weighted by Crippen LogP contribution is 2.42. The molecule has 4 aromatic carbocycles. The smallest absolute Gasteiger partial charge is 0.136 e. The van der Waals surface area contributed by atoms with Gasteiger partial charge in [0.2, 0.25) is 0 Å². The van der Waals surface area contributed by atoms with Crippen molar-refractivity contribution in [3.63, 3.8) is 0 Å². The molecule has 0 amide bonds. The Labute approximate surface area is 147 Å². The first-order chi connectivity index (χ1) is 12.3. The van der Waals surface area contributed by atoms with Crippen molar-refractivity contribution >= 4 is 66.3 Å². The molecule has 0 saturated heterocycles. The fourth-order valence-electron chi connectivity index (χ4n) is 3.87. The third-order valence-corrected chi connectivity index (χ3v) is 5.15. The Morgan fingerprint density at radius 1 is 0.560 bits per heavy atom. The van der Waals surface area contributed by atoms with Crippen LogP contribution >= 0.6 is 11.6 Å². The van der Waals surface area contributed by atoms with Crippen molar-refractivity contribution in [2.75, 3.05) is 0 Å². The van der Waals surface area contributed by atoms with Crippen LogP contribution in [0, 0.1) is 0 Å². The van der Waals surface area contributed by atoms with E-state index >= 15 is 0 Å². The Morgan fingerprint density at radius 3 is 2.00 bits per heavy atom. The summed E-state index contributed by atoms with van der Waals surface area (Å²) in [5.41, 5.74) is 3.49. The van der Waals surface area contributed by atoms with Crippen molar-refractivity contribution in [3.05, 3.63) is 71.8 Å². The van der Waals surface area contributed by atoms with Crippen LogP contribution in [0.1, 0.15) is 0 Å². The van der Waals surface area contributed by atoms with Crippen LogP contribution in [0.2, 0.25) is 5.02 Å². The monoisotopic (exact) mass is 342 g/mol. The molecule has 0 aliphatic heterocycles. The number of hydrogen-bond donors (Lipinski definition) is 0. The van der Waals surface area contributed by atoms with Gasteiger partial charge in [0.05, 0.1) is 0 Å². The fraction of sp³-hybridized carbons (Fsp3) is 0. The number of hydrogen-bond acceptors (Lipinski definition) is 2. The quantitative estimate of drug-likeness (QED) is 0.289. The van der Waals surface area contributed by atoms with Gasteiger partial charge in [0.15, 0.2) is 0 Å². The van der Waals surface area contributed by atoms with Gasteiger partial charge < -0.3 is 8.83 Å². The topological polar surface area (TPSA) is 26.3 Å². The minimum atomic E-state index is 0.705. The Morgan fingerprint density at radius 2 is 1.20 bits per heavy atom. The number of furan rings is 2. The molecule has 25 heavy (non-hydrogen) atoms. The SMILES string of the molecule is Clc1ccc2oc3ccc4ccc5oc6ccccc6c5c4c3c2c1. The first kappa shape index (κ1) is 13.3. The Bertz CT molecular complexity index is 1450. The van der Waals surface area contributed by atoms with Gasteiger partial charge in [-0.25, -0.2) is 0 Å². The summed E-state index contributed by atoms with van der Waals surface area (Å²) < 4.78 is 12.1. The van der Waals surface area contributed by atoms with Crippen LogP contribution < -0.4 is 0 Å². The predicted molar refractivity (Wildman–Crippen MR) is 104 cm³/mol. The van der Waals surface area contributed by atoms with Crippen LogP contribution in [0.3, 0.4) is 0 Å². The maximum Gasteiger partial charge on any atom is 0.136 e. The summed E-state index contributed by atoms with van der Waals surface area (Å²) in [5, 5.41) is 7.39. The summed E-state index contributed by atoms with van der Waals surface area (Å²) in [4.78, 5) is 0. The summed E-state index contributed by atoms with van der Waals surface area (Å²) in [5.74, 6) is 0. The molecule has 0 atom stereocenters. The maximum absolute atomic E-state index is 6.26. The lowest BCUT2D eigenvalue weighted by Gasteiger charge is -2.02. The van der Waals surface area contributed by atoms with Crippen LogP contribution in [0.15, 0.2) is 75.6 Å². The molecule has 0 bridgehead atoms. The zero-order valence-electron chi connectivity index (χ0n) is 13.0. The van der Waals surface area contributed by atoms with Gasteiger partial charge >= 0.3 is 0 Å². The highest BCUT2D eigenvalue weighted by Gasteiger charge is 2.16. The molecule has 6 aromatic rings. The molecule has 118 valence electrons. The van der Waals surface area contributed by atoms with Gasteiger partial charge in [-0.1, -0.05) is 41.9 Å². The second-order valence-corrected chi connectivity index (χ2v) is 6.75. The summed E-state index contributed by atoms with van der Waals surface area (Å²) in [6, 6.07) is 22.2. The number of halogens is 1. The van der Waals surface area contributed by atoms with Crippen molar-refractivity contribution in [2.45, 2.75) is 0 Å². The molecule has 0 fully saturated rings. The Hall–Kier alpha value is -2.97. The molecule has 0 aliphatic carbocycles. The number of fused-ring (bicyclic) bond motifs is 9. The summed E-state index contributed by atoms with van der Waals surface area (Å²) in [7, 11) is 0. The number of para-hydroxylation sites is 1. The van der Waals surface area contributed by atoms with Gasteiger partial charge in [-0.2, -0.15) is 0 Å². The predicted octanol–water partition coefficient (Wildman–Crippen LogP) is 7.29. The Kier molecular flexibility index (Phi) is 2.43. The first-order valence-corrected chi connectivity index (χ1v) is 8.52. The van der Waals surface area contributed by atoms with E-state index in [1.54, 1.807) is 0 Å². The maximum atomic E-state index is 6.26. The zero-order chi connectivity index (χ0) is 16.5. The van der Waals surface area contributed by atoms with Crippen molar-refractivity contribution in [2.24, 2.45) is 0 Å². The first-order valence-electron chi connectivity index (χ1n) is 8.14. The van der Waals surface area contributed by atoms with E-state index in [1.165, 1.54) is 0 Å². The normalized spacial score (nSPS) is 12.2. The molecule has 0 saturated carbocycles. The van der Waals surface area contributed by atoms with E-state index in [0.29, 0.717) is 5.02 Å². The van der Waals surface area contributed by atoms with E-state index < -0.39 is 0 Å². The molecule has 3 heteroatoms. The van der Waals surface area contributed by atoms with Gasteiger partial charge in [-0.3, -0.25) is 0 Å². The molecule has 2 aromatic heterocycles. The summed E-state index contributed by atoms with van der Waals surface area (Å²) in [6.07, 6.45) is 0. The summed E-state index contributed by atoms with van der Waals surface area (Å²) in [6.45, 7) is 0. The fourth-order valence-corrected chi connectivity index (χ4v) is 4.04. The highest BCUT2D eigenvalue weighted by atomic mass is 35.5. The third kappa shape index (κ3) is 1.70. The molecular formula is C22H11ClO2. The second-order valence-electron chi connectivity index (χ2n) is 6.32. The van der Waals surface area contributed by atoms with E-state index in [9.17, 15) is 0 Å². The largest absolute Gasteiger partial charge is 0.456 e. The number of benzene rings is 4. The molecule has 2 nitrogen and oxygen atoms in total. The van der Waals surface area contributed by atoms with Gasteiger partial charge in [0.25, 0.3) is 0 Å². The Balaban J connectivity index is 2.00. The van der Waals surface area contributed by atoms with Gasteiger partial charge in [-0.15, -0.1) is 0 Å².